The number of hydrogen-bond acceptors (Lipinski definition) is 8. The minimum Gasteiger partial charge on any atom is -0.507 e. The SMILES string of the molecule is Cc1ccc(C)c(C(O)=C2C(=O)C(=O)N(c3nnc(SCc4ccc(F)cc4)s3)C2c2ccco2)c1. The van der Waals surface area contributed by atoms with Crippen LogP contribution in [0, 0.1) is 19.7 Å². The maximum absolute atomic E-state index is 13.2. The lowest BCUT2D eigenvalue weighted by atomic mass is 9.96. The minimum absolute atomic E-state index is 0.0700. The van der Waals surface area contributed by atoms with E-state index in [1.54, 1.807) is 30.3 Å². The van der Waals surface area contributed by atoms with Crippen molar-refractivity contribution in [2.45, 2.75) is 30.0 Å². The predicted molar refractivity (Wildman–Crippen MR) is 135 cm³/mol. The van der Waals surface area contributed by atoms with Crippen LogP contribution < -0.4 is 4.90 Å². The molecular formula is C26H20FN3O4S2. The van der Waals surface area contributed by atoms with Gasteiger partial charge in [0, 0.05) is 11.3 Å². The second-order valence-corrected chi connectivity index (χ2v) is 10.4. The summed E-state index contributed by atoms with van der Waals surface area (Å²) >= 11 is 2.53. The molecule has 0 spiro atoms. The maximum Gasteiger partial charge on any atom is 0.302 e. The number of carbonyl (C=O) groups excluding carboxylic acids is 2. The van der Waals surface area contributed by atoms with E-state index in [-0.39, 0.29) is 22.3 Å². The Balaban J connectivity index is 1.52. The van der Waals surface area contributed by atoms with Crippen molar-refractivity contribution in [1.82, 2.24) is 10.2 Å². The Bertz CT molecular complexity index is 1480. The molecule has 1 amide bonds. The number of aliphatic hydroxyl groups is 1. The Kier molecular flexibility index (Phi) is 6.46. The van der Waals surface area contributed by atoms with E-state index in [4.69, 9.17) is 4.42 Å². The number of hydrogen-bond donors (Lipinski definition) is 1. The third-order valence-corrected chi connectivity index (χ3v) is 7.91. The third kappa shape index (κ3) is 4.45. The summed E-state index contributed by atoms with van der Waals surface area (Å²) in [5, 5.41) is 19.8. The van der Waals surface area contributed by atoms with Gasteiger partial charge >= 0.3 is 5.91 Å². The van der Waals surface area contributed by atoms with Crippen molar-refractivity contribution in [3.63, 3.8) is 0 Å². The maximum atomic E-state index is 13.2. The van der Waals surface area contributed by atoms with Crippen LogP contribution in [0.4, 0.5) is 9.52 Å². The molecule has 0 bridgehead atoms. The number of rotatable bonds is 6. The van der Waals surface area contributed by atoms with Gasteiger partial charge in [-0.05, 0) is 55.3 Å². The van der Waals surface area contributed by atoms with E-state index < -0.39 is 17.7 Å². The Labute approximate surface area is 214 Å². The first-order valence-corrected chi connectivity index (χ1v) is 12.8. The van der Waals surface area contributed by atoms with Crippen molar-refractivity contribution in [2.24, 2.45) is 0 Å². The molecule has 1 N–H and O–H groups in total. The highest BCUT2D eigenvalue weighted by molar-refractivity contribution is 8.00. The number of carbonyl (C=O) groups is 2. The normalized spacial score (nSPS) is 17.2. The van der Waals surface area contributed by atoms with E-state index in [2.05, 4.69) is 10.2 Å². The zero-order chi connectivity index (χ0) is 25.4. The number of nitrogens with zero attached hydrogens (tertiary/aromatic N) is 3. The Morgan fingerprint density at radius 1 is 1.14 bits per heavy atom. The van der Waals surface area contributed by atoms with Crippen molar-refractivity contribution in [3.05, 3.63) is 100 Å². The molecule has 2 aromatic heterocycles. The molecule has 3 heterocycles. The van der Waals surface area contributed by atoms with Gasteiger partial charge in [-0.2, -0.15) is 0 Å². The van der Waals surface area contributed by atoms with E-state index in [1.807, 2.05) is 26.0 Å². The van der Waals surface area contributed by atoms with E-state index >= 15 is 0 Å². The first kappa shape index (κ1) is 24.0. The van der Waals surface area contributed by atoms with Gasteiger partial charge in [-0.25, -0.2) is 4.39 Å². The van der Waals surface area contributed by atoms with Gasteiger partial charge in [0.15, 0.2) is 4.34 Å². The molecule has 7 nitrogen and oxygen atoms in total. The van der Waals surface area contributed by atoms with E-state index in [0.717, 1.165) is 28.0 Å². The number of halogens is 1. The lowest BCUT2D eigenvalue weighted by molar-refractivity contribution is -0.132. The van der Waals surface area contributed by atoms with Gasteiger partial charge in [-0.15, -0.1) is 10.2 Å². The van der Waals surface area contributed by atoms with E-state index in [0.29, 0.717) is 21.4 Å². The summed E-state index contributed by atoms with van der Waals surface area (Å²) in [5.41, 5.74) is 2.97. The molecular weight excluding hydrogens is 501 g/mol. The van der Waals surface area contributed by atoms with Crippen LogP contribution in [0.1, 0.15) is 34.1 Å². The van der Waals surface area contributed by atoms with Crippen LogP contribution in [0.5, 0.6) is 0 Å². The average molecular weight is 522 g/mol. The fraction of sp³-hybridized carbons (Fsp3) is 0.154. The van der Waals surface area contributed by atoms with Crippen molar-refractivity contribution in [3.8, 4) is 0 Å². The number of aryl methyl sites for hydroxylation is 2. The van der Waals surface area contributed by atoms with Gasteiger partial charge in [0.25, 0.3) is 5.78 Å². The molecule has 1 saturated heterocycles. The first-order valence-electron chi connectivity index (χ1n) is 11.0. The molecule has 0 radical (unpaired) electrons. The van der Waals surface area contributed by atoms with Crippen molar-refractivity contribution in [1.29, 1.82) is 0 Å². The number of amides is 1. The topological polar surface area (TPSA) is 96.5 Å². The number of ketones is 1. The molecule has 0 aliphatic carbocycles. The Morgan fingerprint density at radius 3 is 2.64 bits per heavy atom. The highest BCUT2D eigenvalue weighted by Crippen LogP contribution is 2.44. The smallest absolute Gasteiger partial charge is 0.302 e. The second kappa shape index (κ2) is 9.71. The number of aliphatic hydroxyl groups excluding tert-OH is 1. The summed E-state index contributed by atoms with van der Waals surface area (Å²) < 4.78 is 19.3. The minimum atomic E-state index is -0.997. The summed E-state index contributed by atoms with van der Waals surface area (Å²) in [6.07, 6.45) is 1.44. The average Bonchev–Trinajstić information content (AvgIpc) is 3.61. The number of anilines is 1. The van der Waals surface area contributed by atoms with Crippen LogP contribution in [-0.2, 0) is 15.3 Å². The second-order valence-electron chi connectivity index (χ2n) is 8.27. The van der Waals surface area contributed by atoms with Gasteiger partial charge in [0.05, 0.1) is 11.8 Å². The number of Topliss-reactive ketones (excluding diaryl/α,β-unsaturated/α-hetero) is 1. The van der Waals surface area contributed by atoms with Crippen molar-refractivity contribution >= 4 is 45.7 Å². The number of furan rings is 1. The molecule has 4 aromatic rings. The molecule has 1 aliphatic rings. The molecule has 5 rings (SSSR count). The van der Waals surface area contributed by atoms with Gasteiger partial charge in [0.1, 0.15) is 23.4 Å². The fourth-order valence-electron chi connectivity index (χ4n) is 3.97. The molecule has 1 unspecified atom stereocenters. The van der Waals surface area contributed by atoms with Crippen molar-refractivity contribution in [2.75, 3.05) is 4.90 Å². The van der Waals surface area contributed by atoms with E-state index in [9.17, 15) is 19.1 Å². The summed E-state index contributed by atoms with van der Waals surface area (Å²) in [4.78, 5) is 27.7. The largest absolute Gasteiger partial charge is 0.507 e. The van der Waals surface area contributed by atoms with Gasteiger partial charge < -0.3 is 9.52 Å². The molecule has 0 saturated carbocycles. The Morgan fingerprint density at radius 2 is 1.92 bits per heavy atom. The van der Waals surface area contributed by atoms with Gasteiger partial charge in [0.2, 0.25) is 5.13 Å². The number of aromatic nitrogens is 2. The quantitative estimate of drug-likeness (QED) is 0.113. The molecule has 2 aromatic carbocycles. The van der Waals surface area contributed by atoms with Crippen LogP contribution in [0.2, 0.25) is 0 Å². The molecule has 36 heavy (non-hydrogen) atoms. The van der Waals surface area contributed by atoms with Gasteiger partial charge in [-0.1, -0.05) is 52.9 Å². The summed E-state index contributed by atoms with van der Waals surface area (Å²) in [7, 11) is 0. The van der Waals surface area contributed by atoms with Crippen LogP contribution >= 0.6 is 23.1 Å². The van der Waals surface area contributed by atoms with E-state index in [1.165, 1.54) is 35.1 Å². The number of benzene rings is 2. The summed E-state index contributed by atoms with van der Waals surface area (Å²) in [6, 6.07) is 14.0. The predicted octanol–water partition coefficient (Wildman–Crippen LogP) is 5.81. The fourth-order valence-corrected chi connectivity index (χ4v) is 5.79. The van der Waals surface area contributed by atoms with Crippen LogP contribution in [0.15, 0.2) is 75.2 Å². The highest BCUT2D eigenvalue weighted by Gasteiger charge is 2.49. The van der Waals surface area contributed by atoms with Crippen LogP contribution in [0.3, 0.4) is 0 Å². The molecule has 1 fully saturated rings. The summed E-state index contributed by atoms with van der Waals surface area (Å²) in [5.74, 6) is -1.39. The van der Waals surface area contributed by atoms with Crippen molar-refractivity contribution < 1.29 is 23.5 Å². The molecule has 1 aliphatic heterocycles. The zero-order valence-corrected chi connectivity index (χ0v) is 20.9. The lowest BCUT2D eigenvalue weighted by Crippen LogP contribution is -2.29. The summed E-state index contributed by atoms with van der Waals surface area (Å²) in [6.45, 7) is 3.70. The number of thioether (sulfide) groups is 1. The zero-order valence-electron chi connectivity index (χ0n) is 19.3. The standard InChI is InChI=1S/C26H20FN3O4S2/c1-14-5-6-15(2)18(12-14)22(31)20-21(19-4-3-11-34-19)30(24(33)23(20)32)25-28-29-26(36-25)35-13-16-7-9-17(27)10-8-16/h3-12,21,31H,13H2,1-2H3. The lowest BCUT2D eigenvalue weighted by Gasteiger charge is -2.20. The Hall–Kier alpha value is -3.76. The van der Waals surface area contributed by atoms with Crippen LogP contribution in [0.25, 0.3) is 5.76 Å². The molecule has 10 heteroatoms. The van der Waals surface area contributed by atoms with Gasteiger partial charge in [-0.3, -0.25) is 14.5 Å². The monoisotopic (exact) mass is 521 g/mol. The highest BCUT2D eigenvalue weighted by atomic mass is 32.2. The van der Waals surface area contributed by atoms with Crippen LogP contribution in [-0.4, -0.2) is 27.0 Å². The molecule has 182 valence electrons. The molecule has 1 atom stereocenters. The first-order chi connectivity index (χ1) is 17.3. The third-order valence-electron chi connectivity index (χ3n) is 5.78.